The van der Waals surface area contributed by atoms with Crippen molar-refractivity contribution >= 4 is 74.6 Å². The third-order valence-electron chi connectivity index (χ3n) is 7.85. The SMILES string of the molecule is COc1ccc(N2C(=O)[C@H]3[C@H](c4cc(Cl)ccc4OCC(=O)Nc4ccc5ccccc5c4)c4sc(=O)[nH]c4S[C@H]3C2=O)cc1. The van der Waals surface area contributed by atoms with Crippen LogP contribution in [0.2, 0.25) is 5.02 Å². The van der Waals surface area contributed by atoms with Gasteiger partial charge in [0.2, 0.25) is 11.8 Å². The number of hydrogen-bond acceptors (Lipinski definition) is 8. The van der Waals surface area contributed by atoms with Crippen LogP contribution in [0.3, 0.4) is 0 Å². The molecule has 2 aliphatic rings. The van der Waals surface area contributed by atoms with Crippen LogP contribution in [0.25, 0.3) is 10.8 Å². The number of thioether (sulfide) groups is 1. The molecule has 2 aliphatic heterocycles. The van der Waals surface area contributed by atoms with Gasteiger partial charge in [0, 0.05) is 27.1 Å². The second kappa shape index (κ2) is 11.7. The molecular weight excluding hydrogens is 634 g/mol. The lowest BCUT2D eigenvalue weighted by molar-refractivity contribution is -0.122. The van der Waals surface area contributed by atoms with Crippen LogP contribution in [0, 0.1) is 5.92 Å². The van der Waals surface area contributed by atoms with Crippen molar-refractivity contribution in [2.45, 2.75) is 16.2 Å². The number of hydrogen-bond donors (Lipinski definition) is 2. The van der Waals surface area contributed by atoms with Crippen LogP contribution in [0.15, 0.2) is 94.7 Å². The Morgan fingerprint density at radius 3 is 2.51 bits per heavy atom. The molecule has 3 amide bonds. The highest BCUT2D eigenvalue weighted by Gasteiger charge is 2.56. The van der Waals surface area contributed by atoms with E-state index in [4.69, 9.17) is 21.1 Å². The van der Waals surface area contributed by atoms with E-state index in [9.17, 15) is 19.2 Å². The van der Waals surface area contributed by atoms with Gasteiger partial charge in [0.05, 0.1) is 23.7 Å². The Labute approximate surface area is 270 Å². The molecule has 3 atom stereocenters. The third kappa shape index (κ3) is 5.37. The number of benzene rings is 4. The average Bonchev–Trinajstić information content (AvgIpc) is 3.54. The Bertz CT molecular complexity index is 2040. The fourth-order valence-corrected chi connectivity index (χ4v) is 8.53. The fourth-order valence-electron chi connectivity index (χ4n) is 5.84. The van der Waals surface area contributed by atoms with Gasteiger partial charge in [-0.05, 0) is 65.4 Å². The Balaban J connectivity index is 1.21. The molecular formula is C33H24ClN3O6S2. The van der Waals surface area contributed by atoms with Gasteiger partial charge in [-0.2, -0.15) is 0 Å². The van der Waals surface area contributed by atoms with Gasteiger partial charge in [0.15, 0.2) is 6.61 Å². The number of imide groups is 1. The molecule has 0 spiro atoms. The van der Waals surface area contributed by atoms with Crippen LogP contribution >= 0.6 is 34.7 Å². The van der Waals surface area contributed by atoms with Gasteiger partial charge >= 0.3 is 4.87 Å². The van der Waals surface area contributed by atoms with Gasteiger partial charge in [-0.3, -0.25) is 19.2 Å². The Kier molecular flexibility index (Phi) is 7.60. The zero-order chi connectivity index (χ0) is 31.2. The van der Waals surface area contributed by atoms with E-state index in [1.54, 1.807) is 42.5 Å². The van der Waals surface area contributed by atoms with E-state index in [0.717, 1.165) is 22.1 Å². The van der Waals surface area contributed by atoms with Crippen LogP contribution in [0.1, 0.15) is 16.4 Å². The molecule has 0 unspecified atom stereocenters. The monoisotopic (exact) mass is 657 g/mol. The summed E-state index contributed by atoms with van der Waals surface area (Å²) in [5, 5.41) is 5.00. The normalized spacial score (nSPS) is 18.9. The molecule has 226 valence electrons. The van der Waals surface area contributed by atoms with Crippen LogP contribution in [-0.4, -0.2) is 41.7 Å². The van der Waals surface area contributed by atoms with Gasteiger partial charge in [-0.15, -0.1) is 0 Å². The summed E-state index contributed by atoms with van der Waals surface area (Å²) in [6.45, 7) is -0.321. The molecule has 0 aliphatic carbocycles. The zero-order valence-corrected chi connectivity index (χ0v) is 26.0. The Hall–Kier alpha value is -4.58. The summed E-state index contributed by atoms with van der Waals surface area (Å²) in [5.41, 5.74) is 1.55. The summed E-state index contributed by atoms with van der Waals surface area (Å²) in [6.07, 6.45) is 0. The molecule has 0 radical (unpaired) electrons. The number of aromatic amines is 1. The number of thiazole rings is 1. The van der Waals surface area contributed by atoms with Gasteiger partial charge in [-0.25, -0.2) is 4.90 Å². The highest BCUT2D eigenvalue weighted by atomic mass is 35.5. The maximum Gasteiger partial charge on any atom is 0.305 e. The minimum absolute atomic E-state index is 0.302. The minimum Gasteiger partial charge on any atom is -0.497 e. The van der Waals surface area contributed by atoms with E-state index < -0.39 is 23.0 Å². The number of amides is 3. The van der Waals surface area contributed by atoms with Crippen molar-refractivity contribution in [1.82, 2.24) is 4.98 Å². The molecule has 5 aromatic rings. The summed E-state index contributed by atoms with van der Waals surface area (Å²) in [5.74, 6) is -1.84. The number of nitrogens with one attached hydrogen (secondary N) is 2. The first-order valence-corrected chi connectivity index (χ1v) is 16.0. The lowest BCUT2D eigenvalue weighted by atomic mass is 9.82. The molecule has 9 nitrogen and oxygen atoms in total. The molecule has 7 rings (SSSR count). The van der Waals surface area contributed by atoms with Crippen molar-refractivity contribution in [3.63, 3.8) is 0 Å². The molecule has 1 fully saturated rings. The number of carbonyl (C=O) groups excluding carboxylic acids is 3. The van der Waals surface area contributed by atoms with Gasteiger partial charge in [0.25, 0.3) is 5.91 Å². The molecule has 0 bridgehead atoms. The van der Waals surface area contributed by atoms with Gasteiger partial charge in [-0.1, -0.05) is 65.0 Å². The largest absolute Gasteiger partial charge is 0.497 e. The van der Waals surface area contributed by atoms with Crippen LogP contribution in [-0.2, 0) is 14.4 Å². The van der Waals surface area contributed by atoms with Crippen molar-refractivity contribution < 1.29 is 23.9 Å². The smallest absolute Gasteiger partial charge is 0.305 e. The lowest BCUT2D eigenvalue weighted by Gasteiger charge is -2.31. The number of carbonyl (C=O) groups is 3. The second-order valence-electron chi connectivity index (χ2n) is 10.5. The summed E-state index contributed by atoms with van der Waals surface area (Å²) in [7, 11) is 1.54. The number of halogens is 1. The van der Waals surface area contributed by atoms with Crippen molar-refractivity contribution in [3.05, 3.63) is 110 Å². The van der Waals surface area contributed by atoms with E-state index >= 15 is 0 Å². The minimum atomic E-state index is -0.851. The number of methoxy groups -OCH3 is 1. The number of rotatable bonds is 7. The van der Waals surface area contributed by atoms with Crippen molar-refractivity contribution in [2.24, 2.45) is 5.92 Å². The van der Waals surface area contributed by atoms with E-state index in [1.807, 2.05) is 42.5 Å². The quantitative estimate of drug-likeness (QED) is 0.204. The first-order valence-electron chi connectivity index (χ1n) is 13.9. The molecule has 12 heteroatoms. The van der Waals surface area contributed by atoms with Crippen molar-refractivity contribution in [3.8, 4) is 11.5 Å². The maximum atomic E-state index is 14.1. The molecule has 1 aromatic heterocycles. The molecule has 4 aromatic carbocycles. The standard InChI is InChI=1S/C33H24ClN3O6S2/c1-42-22-11-9-21(10-12-22)37-31(39)27-26(28-30(36-33(41)45-28)44-29(27)32(37)40)23-15-19(34)7-13-24(23)43-16-25(38)35-20-8-6-17-4-2-3-5-18(17)14-20/h2-15,26-27,29H,16H2,1H3,(H,35,38)(H,36,41)/t26-,27-,29+/m0/s1. The summed E-state index contributed by atoms with van der Waals surface area (Å²) in [4.78, 5) is 57.7. The molecule has 3 heterocycles. The van der Waals surface area contributed by atoms with Crippen LogP contribution < -0.4 is 24.6 Å². The van der Waals surface area contributed by atoms with Crippen molar-refractivity contribution in [2.75, 3.05) is 23.9 Å². The van der Waals surface area contributed by atoms with E-state index in [1.165, 1.54) is 23.8 Å². The number of H-pyrrole nitrogens is 1. The molecule has 45 heavy (non-hydrogen) atoms. The van der Waals surface area contributed by atoms with Crippen molar-refractivity contribution in [1.29, 1.82) is 0 Å². The van der Waals surface area contributed by atoms with Gasteiger partial charge in [0.1, 0.15) is 16.7 Å². The Morgan fingerprint density at radius 2 is 1.73 bits per heavy atom. The second-order valence-corrected chi connectivity index (χ2v) is 13.1. The molecule has 0 saturated carbocycles. The number of anilines is 2. The first-order chi connectivity index (χ1) is 21.8. The van der Waals surface area contributed by atoms with Crippen LogP contribution in [0.5, 0.6) is 11.5 Å². The summed E-state index contributed by atoms with van der Waals surface area (Å²) in [6, 6.07) is 25.1. The van der Waals surface area contributed by atoms with Crippen LogP contribution in [0.4, 0.5) is 11.4 Å². The number of nitrogens with zero attached hydrogens (tertiary/aromatic N) is 1. The highest BCUT2D eigenvalue weighted by molar-refractivity contribution is 8.00. The third-order valence-corrected chi connectivity index (χ3v) is 10.5. The predicted molar refractivity (Wildman–Crippen MR) is 175 cm³/mol. The van der Waals surface area contributed by atoms with E-state index in [0.29, 0.717) is 43.4 Å². The maximum absolute atomic E-state index is 14.1. The lowest BCUT2D eigenvalue weighted by Crippen LogP contribution is -2.32. The molecule has 2 N–H and O–H groups in total. The average molecular weight is 658 g/mol. The number of aromatic nitrogens is 1. The molecule has 1 saturated heterocycles. The summed E-state index contributed by atoms with van der Waals surface area (Å²) < 4.78 is 11.3. The van der Waals surface area contributed by atoms with E-state index in [2.05, 4.69) is 10.3 Å². The zero-order valence-electron chi connectivity index (χ0n) is 23.6. The predicted octanol–water partition coefficient (Wildman–Crippen LogP) is 6.06. The number of fused-ring (bicyclic) bond motifs is 3. The van der Waals surface area contributed by atoms with E-state index in [-0.39, 0.29) is 23.3 Å². The summed E-state index contributed by atoms with van der Waals surface area (Å²) >= 11 is 8.62. The number of ether oxygens (including phenoxy) is 2. The highest BCUT2D eigenvalue weighted by Crippen LogP contribution is 2.54. The fraction of sp³-hybridized carbons (Fsp3) is 0.152. The first kappa shape index (κ1) is 29.1. The Morgan fingerprint density at radius 1 is 0.956 bits per heavy atom. The van der Waals surface area contributed by atoms with Gasteiger partial charge < -0.3 is 19.8 Å². The topological polar surface area (TPSA) is 118 Å².